The fourth-order valence-electron chi connectivity index (χ4n) is 1.83. The van der Waals surface area contributed by atoms with Crippen molar-refractivity contribution < 1.29 is 9.31 Å². The molecule has 1 fully saturated rings. The Hall–Kier alpha value is -1.06. The van der Waals surface area contributed by atoms with Gasteiger partial charge in [-0.1, -0.05) is 41.9 Å². The summed E-state index contributed by atoms with van der Waals surface area (Å²) in [5, 5.41) is 0. The highest BCUT2D eigenvalue weighted by Crippen LogP contribution is 2.36. The molecule has 0 saturated carbocycles. The number of hydrogen-bond acceptors (Lipinski definition) is 2. The molecule has 0 spiro atoms. The van der Waals surface area contributed by atoms with Crippen molar-refractivity contribution in [2.75, 3.05) is 0 Å². The van der Waals surface area contributed by atoms with Gasteiger partial charge in [0.2, 0.25) is 0 Å². The van der Waals surface area contributed by atoms with Crippen molar-refractivity contribution in [3.05, 3.63) is 41.4 Å². The second-order valence-corrected chi connectivity index (χ2v) is 5.89. The topological polar surface area (TPSA) is 18.5 Å². The van der Waals surface area contributed by atoms with Crippen molar-refractivity contribution in [3.8, 4) is 0 Å². The van der Waals surface area contributed by atoms with E-state index in [1.54, 1.807) is 0 Å². The first-order valence-electron chi connectivity index (χ1n) is 6.41. The Kier molecular flexibility index (Phi) is 3.39. The molecule has 0 atom stereocenters. The summed E-state index contributed by atoms with van der Waals surface area (Å²) in [5.74, 6) is 1.97. The molecule has 0 aliphatic carbocycles. The van der Waals surface area contributed by atoms with E-state index in [0.717, 1.165) is 5.56 Å². The lowest BCUT2D eigenvalue weighted by Crippen LogP contribution is -2.41. The highest BCUT2D eigenvalue weighted by atomic mass is 16.7. The smallest absolute Gasteiger partial charge is 0.400 e. The lowest BCUT2D eigenvalue weighted by atomic mass is 9.89. The summed E-state index contributed by atoms with van der Waals surface area (Å²) < 4.78 is 11.8. The first-order chi connectivity index (χ1) is 8.30. The summed E-state index contributed by atoms with van der Waals surface area (Å²) in [6, 6.07) is 8.39. The van der Waals surface area contributed by atoms with E-state index in [1.807, 2.05) is 12.1 Å². The average molecular weight is 244 g/mol. The van der Waals surface area contributed by atoms with Crippen molar-refractivity contribution in [1.82, 2.24) is 0 Å². The van der Waals surface area contributed by atoms with Crippen LogP contribution >= 0.6 is 0 Å². The van der Waals surface area contributed by atoms with Crippen LogP contribution in [0, 0.1) is 6.92 Å². The molecule has 0 N–H and O–H groups in total. The third-order valence-electron chi connectivity index (χ3n) is 3.79. The molecule has 0 aromatic heterocycles. The zero-order valence-electron chi connectivity index (χ0n) is 11.9. The molecule has 1 aromatic carbocycles. The van der Waals surface area contributed by atoms with Crippen LogP contribution in [-0.4, -0.2) is 18.3 Å². The Balaban J connectivity index is 2.06. The summed E-state index contributed by atoms with van der Waals surface area (Å²) in [6.07, 6.45) is 2.04. The van der Waals surface area contributed by atoms with Gasteiger partial charge in [0.1, 0.15) is 0 Å². The number of benzene rings is 1. The fourth-order valence-corrected chi connectivity index (χ4v) is 1.83. The molecule has 3 heteroatoms. The quantitative estimate of drug-likeness (QED) is 0.739. The van der Waals surface area contributed by atoms with Gasteiger partial charge in [-0.2, -0.15) is 0 Å². The van der Waals surface area contributed by atoms with Gasteiger partial charge >= 0.3 is 7.12 Å². The summed E-state index contributed by atoms with van der Waals surface area (Å²) >= 11 is 0. The Morgan fingerprint density at radius 1 is 0.944 bits per heavy atom. The van der Waals surface area contributed by atoms with Crippen LogP contribution in [0.25, 0.3) is 6.08 Å². The maximum Gasteiger partial charge on any atom is 0.487 e. The SMILES string of the molecule is Cc1ccc(/C=C\B2OC(C)(C)C(C)(C)O2)cc1. The van der Waals surface area contributed by atoms with E-state index in [0.29, 0.717) is 0 Å². The van der Waals surface area contributed by atoms with Crippen LogP contribution < -0.4 is 0 Å². The van der Waals surface area contributed by atoms with Crippen LogP contribution in [0.5, 0.6) is 0 Å². The maximum absolute atomic E-state index is 5.90. The second kappa shape index (κ2) is 4.56. The van der Waals surface area contributed by atoms with Crippen molar-refractivity contribution in [3.63, 3.8) is 0 Å². The van der Waals surface area contributed by atoms with E-state index in [1.165, 1.54) is 5.56 Å². The van der Waals surface area contributed by atoms with E-state index >= 15 is 0 Å². The van der Waals surface area contributed by atoms with E-state index < -0.39 is 0 Å². The van der Waals surface area contributed by atoms with Crippen molar-refractivity contribution in [2.24, 2.45) is 0 Å². The Morgan fingerprint density at radius 3 is 1.94 bits per heavy atom. The average Bonchev–Trinajstić information content (AvgIpc) is 2.47. The Bertz CT molecular complexity index is 430. The zero-order valence-corrected chi connectivity index (χ0v) is 11.9. The molecule has 2 rings (SSSR count). The molecule has 0 unspecified atom stereocenters. The monoisotopic (exact) mass is 244 g/mol. The van der Waals surface area contributed by atoms with Gasteiger partial charge in [-0.15, -0.1) is 0 Å². The van der Waals surface area contributed by atoms with Gasteiger partial charge in [0, 0.05) is 0 Å². The minimum absolute atomic E-state index is 0.267. The van der Waals surface area contributed by atoms with E-state index in [-0.39, 0.29) is 18.3 Å². The standard InChI is InChI=1S/C15H21BO2/c1-12-6-8-13(9-7-12)10-11-16-17-14(2,3)15(4,5)18-16/h6-11H,1-5H3/b11-10-. The van der Waals surface area contributed by atoms with Gasteiger partial charge in [0.05, 0.1) is 11.2 Å². The van der Waals surface area contributed by atoms with Crippen LogP contribution in [0.4, 0.5) is 0 Å². The number of aryl methyl sites for hydroxylation is 1. The van der Waals surface area contributed by atoms with E-state index in [9.17, 15) is 0 Å². The fraction of sp³-hybridized carbons (Fsp3) is 0.467. The van der Waals surface area contributed by atoms with Crippen LogP contribution in [0.3, 0.4) is 0 Å². The second-order valence-electron chi connectivity index (χ2n) is 5.89. The molecule has 1 aliphatic rings. The predicted octanol–water partition coefficient (Wildman–Crippen LogP) is 3.64. The molecular weight excluding hydrogens is 223 g/mol. The largest absolute Gasteiger partial charge is 0.487 e. The predicted molar refractivity (Wildman–Crippen MR) is 76.3 cm³/mol. The first-order valence-corrected chi connectivity index (χ1v) is 6.41. The molecule has 96 valence electrons. The van der Waals surface area contributed by atoms with Crippen molar-refractivity contribution in [2.45, 2.75) is 45.8 Å². The van der Waals surface area contributed by atoms with E-state index in [2.05, 4.69) is 58.9 Å². The van der Waals surface area contributed by atoms with Crippen molar-refractivity contribution in [1.29, 1.82) is 0 Å². The highest BCUT2D eigenvalue weighted by Gasteiger charge is 2.49. The third-order valence-corrected chi connectivity index (χ3v) is 3.79. The van der Waals surface area contributed by atoms with Crippen LogP contribution in [-0.2, 0) is 9.31 Å². The third kappa shape index (κ3) is 2.68. The molecule has 0 bridgehead atoms. The van der Waals surface area contributed by atoms with Gasteiger partial charge in [-0.25, -0.2) is 0 Å². The first kappa shape index (κ1) is 13.4. The van der Waals surface area contributed by atoms with Crippen LogP contribution in [0.1, 0.15) is 38.8 Å². The van der Waals surface area contributed by atoms with Crippen LogP contribution in [0.15, 0.2) is 30.2 Å². The Labute approximate surface area is 110 Å². The Morgan fingerprint density at radius 2 is 1.44 bits per heavy atom. The highest BCUT2D eigenvalue weighted by molar-refractivity contribution is 6.52. The minimum atomic E-state index is -0.269. The molecule has 2 nitrogen and oxygen atoms in total. The summed E-state index contributed by atoms with van der Waals surface area (Å²) in [5.41, 5.74) is 1.89. The number of hydrogen-bond donors (Lipinski definition) is 0. The van der Waals surface area contributed by atoms with Crippen LogP contribution in [0.2, 0.25) is 0 Å². The lowest BCUT2D eigenvalue weighted by molar-refractivity contribution is 0.00578. The van der Waals surface area contributed by atoms with Gasteiger partial charge in [-0.05, 0) is 40.2 Å². The van der Waals surface area contributed by atoms with E-state index in [4.69, 9.17) is 9.31 Å². The van der Waals surface area contributed by atoms with Gasteiger partial charge in [0.25, 0.3) is 0 Å². The molecule has 18 heavy (non-hydrogen) atoms. The summed E-state index contributed by atoms with van der Waals surface area (Å²) in [4.78, 5) is 0. The normalized spacial score (nSPS) is 21.7. The summed E-state index contributed by atoms with van der Waals surface area (Å²) in [7, 11) is -0.267. The minimum Gasteiger partial charge on any atom is -0.400 e. The van der Waals surface area contributed by atoms with Crippen molar-refractivity contribution >= 4 is 13.2 Å². The van der Waals surface area contributed by atoms with Gasteiger partial charge < -0.3 is 9.31 Å². The zero-order chi connectivity index (χ0) is 13.4. The maximum atomic E-state index is 5.90. The summed E-state index contributed by atoms with van der Waals surface area (Å²) in [6.45, 7) is 10.3. The molecule has 1 saturated heterocycles. The van der Waals surface area contributed by atoms with Gasteiger partial charge in [0.15, 0.2) is 0 Å². The molecule has 1 aromatic rings. The van der Waals surface area contributed by atoms with Gasteiger partial charge in [-0.3, -0.25) is 0 Å². The number of rotatable bonds is 2. The molecular formula is C15H21BO2. The molecule has 1 heterocycles. The lowest BCUT2D eigenvalue weighted by Gasteiger charge is -2.32. The molecule has 0 amide bonds. The molecule has 0 radical (unpaired) electrons. The molecule has 1 aliphatic heterocycles.